The van der Waals surface area contributed by atoms with Gasteiger partial charge < -0.3 is 0 Å². The fourth-order valence-electron chi connectivity index (χ4n) is 2.00. The maximum absolute atomic E-state index is 2.46. The monoisotopic (exact) mass is 392 g/mol. The SMILES string of the molecule is CCCC/C=C/C(=C/[Te]c1ccccc1)c1ccccc1. The number of hydrogen-bond donors (Lipinski definition) is 0. The Morgan fingerprint density at radius 1 is 0.952 bits per heavy atom. The van der Waals surface area contributed by atoms with E-state index in [0.29, 0.717) is 0 Å². The van der Waals surface area contributed by atoms with Crippen LogP contribution in [0.4, 0.5) is 0 Å². The maximum atomic E-state index is 2.46. The molecule has 1 heteroatoms. The molecule has 0 saturated carbocycles. The van der Waals surface area contributed by atoms with E-state index in [9.17, 15) is 0 Å². The Bertz CT molecular complexity index is 567. The van der Waals surface area contributed by atoms with Gasteiger partial charge in [0.05, 0.1) is 0 Å². The van der Waals surface area contributed by atoms with Gasteiger partial charge in [-0.3, -0.25) is 0 Å². The summed E-state index contributed by atoms with van der Waals surface area (Å²) >= 11 is -0.270. The molecule has 0 radical (unpaired) electrons. The molecule has 0 aliphatic heterocycles. The van der Waals surface area contributed by atoms with Gasteiger partial charge in [-0.2, -0.15) is 0 Å². The summed E-state index contributed by atoms with van der Waals surface area (Å²) in [5, 5.41) is 0. The Hall–Kier alpha value is -1.29. The van der Waals surface area contributed by atoms with Gasteiger partial charge in [0.25, 0.3) is 0 Å². The van der Waals surface area contributed by atoms with Gasteiger partial charge in [-0.15, -0.1) is 0 Å². The van der Waals surface area contributed by atoms with Gasteiger partial charge in [-0.05, 0) is 0 Å². The molecule has 0 heterocycles. The van der Waals surface area contributed by atoms with E-state index in [1.54, 1.807) is 0 Å². The van der Waals surface area contributed by atoms with Crippen molar-refractivity contribution in [2.45, 2.75) is 26.2 Å². The molecule has 2 aromatic rings. The normalized spacial score (nSPS) is 12.0. The van der Waals surface area contributed by atoms with Crippen molar-refractivity contribution in [1.29, 1.82) is 0 Å². The molecule has 0 aromatic heterocycles. The van der Waals surface area contributed by atoms with Crippen LogP contribution in [0.25, 0.3) is 5.57 Å². The van der Waals surface area contributed by atoms with Gasteiger partial charge in [-0.25, -0.2) is 0 Å². The number of allylic oxidation sites excluding steroid dienone is 3. The van der Waals surface area contributed by atoms with Crippen LogP contribution in [0.3, 0.4) is 0 Å². The summed E-state index contributed by atoms with van der Waals surface area (Å²) in [6, 6.07) is 21.5. The molecule has 108 valence electrons. The Morgan fingerprint density at radius 2 is 1.62 bits per heavy atom. The molecule has 0 amide bonds. The van der Waals surface area contributed by atoms with E-state index >= 15 is 0 Å². The fraction of sp³-hybridized carbons (Fsp3) is 0.200. The van der Waals surface area contributed by atoms with E-state index in [-0.39, 0.29) is 20.9 Å². The first-order valence-electron chi connectivity index (χ1n) is 7.54. The fourth-order valence-corrected chi connectivity index (χ4v) is 4.26. The zero-order valence-corrected chi connectivity index (χ0v) is 14.9. The van der Waals surface area contributed by atoms with E-state index in [1.807, 2.05) is 0 Å². The summed E-state index contributed by atoms with van der Waals surface area (Å²) in [4.78, 5) is 0. The Morgan fingerprint density at radius 3 is 2.29 bits per heavy atom. The number of benzene rings is 2. The molecule has 0 bridgehead atoms. The minimum atomic E-state index is -0.270. The average molecular weight is 390 g/mol. The molecule has 0 atom stereocenters. The zero-order valence-electron chi connectivity index (χ0n) is 12.5. The van der Waals surface area contributed by atoms with Crippen molar-refractivity contribution in [3.63, 3.8) is 0 Å². The van der Waals surface area contributed by atoms with Crippen molar-refractivity contribution in [2.75, 3.05) is 0 Å². The predicted molar refractivity (Wildman–Crippen MR) is 94.9 cm³/mol. The second-order valence-electron chi connectivity index (χ2n) is 4.91. The second kappa shape index (κ2) is 9.61. The summed E-state index contributed by atoms with van der Waals surface area (Å²) in [5.41, 5.74) is 2.70. The Labute approximate surface area is 138 Å². The van der Waals surface area contributed by atoms with Crippen LogP contribution in [0.15, 0.2) is 76.9 Å². The van der Waals surface area contributed by atoms with Crippen LogP contribution in [-0.4, -0.2) is 20.9 Å². The third kappa shape index (κ3) is 5.92. The van der Waals surface area contributed by atoms with Gasteiger partial charge in [0.15, 0.2) is 0 Å². The molecular weight excluding hydrogens is 368 g/mol. The van der Waals surface area contributed by atoms with E-state index in [2.05, 4.69) is 83.9 Å². The first kappa shape index (κ1) is 16.1. The first-order valence-corrected chi connectivity index (χ1v) is 10.0. The standard InChI is InChI=1S/C20H22Te/c1-2-3-4-7-14-19(18-12-8-5-9-13-18)17-21-20-15-10-6-11-16-20/h5-17H,2-4H2,1H3/b14-7+,19-17-. The van der Waals surface area contributed by atoms with Crippen LogP contribution in [0.5, 0.6) is 0 Å². The van der Waals surface area contributed by atoms with Gasteiger partial charge in [0.1, 0.15) is 0 Å². The van der Waals surface area contributed by atoms with Gasteiger partial charge in [0, 0.05) is 0 Å². The minimum absolute atomic E-state index is 0.270. The van der Waals surface area contributed by atoms with Crippen LogP contribution in [0.2, 0.25) is 0 Å². The summed E-state index contributed by atoms with van der Waals surface area (Å²) in [6.45, 7) is 2.24. The van der Waals surface area contributed by atoms with Crippen LogP contribution < -0.4 is 3.61 Å². The first-order chi connectivity index (χ1) is 10.4. The van der Waals surface area contributed by atoms with Crippen molar-refractivity contribution in [1.82, 2.24) is 0 Å². The molecule has 0 fully saturated rings. The van der Waals surface area contributed by atoms with Gasteiger partial charge in [-0.1, -0.05) is 0 Å². The molecule has 2 aromatic carbocycles. The van der Waals surface area contributed by atoms with E-state index in [0.717, 1.165) is 0 Å². The van der Waals surface area contributed by atoms with Crippen molar-refractivity contribution < 1.29 is 0 Å². The molecule has 0 nitrogen and oxygen atoms in total. The third-order valence-corrected chi connectivity index (χ3v) is 5.81. The molecule has 0 aliphatic carbocycles. The van der Waals surface area contributed by atoms with E-state index in [1.165, 1.54) is 34.0 Å². The summed E-state index contributed by atoms with van der Waals surface area (Å²) < 4.78 is 3.94. The summed E-state index contributed by atoms with van der Waals surface area (Å²) in [5.74, 6) is 0. The zero-order chi connectivity index (χ0) is 14.8. The topological polar surface area (TPSA) is 0 Å². The van der Waals surface area contributed by atoms with Crippen LogP contribution in [0, 0.1) is 0 Å². The number of rotatable bonds is 7. The molecule has 2 rings (SSSR count). The number of hydrogen-bond acceptors (Lipinski definition) is 0. The van der Waals surface area contributed by atoms with Gasteiger partial charge >= 0.3 is 139 Å². The predicted octanol–water partition coefficient (Wildman–Crippen LogP) is 4.80. The average Bonchev–Trinajstić information content (AvgIpc) is 2.56. The second-order valence-corrected chi connectivity index (χ2v) is 7.61. The number of unbranched alkanes of at least 4 members (excludes halogenated alkanes) is 2. The van der Waals surface area contributed by atoms with Gasteiger partial charge in [0.2, 0.25) is 0 Å². The molecule has 0 spiro atoms. The summed E-state index contributed by atoms with van der Waals surface area (Å²) in [6.07, 6.45) is 8.33. The molecule has 0 N–H and O–H groups in total. The van der Waals surface area contributed by atoms with Crippen molar-refractivity contribution in [3.05, 3.63) is 82.5 Å². The van der Waals surface area contributed by atoms with Crippen LogP contribution >= 0.6 is 0 Å². The van der Waals surface area contributed by atoms with E-state index < -0.39 is 0 Å². The quantitative estimate of drug-likeness (QED) is 0.362. The molecule has 0 saturated heterocycles. The van der Waals surface area contributed by atoms with Crippen molar-refractivity contribution in [3.8, 4) is 0 Å². The van der Waals surface area contributed by atoms with Crippen molar-refractivity contribution >= 4 is 30.1 Å². The van der Waals surface area contributed by atoms with Crippen LogP contribution in [-0.2, 0) is 0 Å². The Balaban J connectivity index is 2.13. The van der Waals surface area contributed by atoms with Crippen molar-refractivity contribution in [2.24, 2.45) is 0 Å². The third-order valence-electron chi connectivity index (χ3n) is 3.19. The molecule has 0 unspecified atom stereocenters. The molecule has 0 aliphatic rings. The summed E-state index contributed by atoms with van der Waals surface area (Å²) in [7, 11) is 0. The molecular formula is C20H22Te. The Kier molecular flexibility index (Phi) is 7.36. The van der Waals surface area contributed by atoms with E-state index in [4.69, 9.17) is 0 Å². The molecule has 21 heavy (non-hydrogen) atoms. The van der Waals surface area contributed by atoms with Crippen LogP contribution in [0.1, 0.15) is 31.7 Å².